The van der Waals surface area contributed by atoms with Crippen LogP contribution in [0.15, 0.2) is 48.5 Å². The van der Waals surface area contributed by atoms with E-state index in [4.69, 9.17) is 9.47 Å². The molecule has 7 nitrogen and oxygen atoms in total. The summed E-state index contributed by atoms with van der Waals surface area (Å²) >= 11 is 0. The van der Waals surface area contributed by atoms with Crippen LogP contribution in [-0.2, 0) is 9.53 Å². The van der Waals surface area contributed by atoms with E-state index >= 15 is 0 Å². The fourth-order valence-corrected chi connectivity index (χ4v) is 2.92. The zero-order valence-electron chi connectivity index (χ0n) is 18.7. The Hall–Kier alpha value is -3.35. The first-order valence-electron chi connectivity index (χ1n) is 10.2. The molecule has 0 fully saturated rings. The summed E-state index contributed by atoms with van der Waals surface area (Å²) in [5.41, 5.74) is 0.448. The largest absolute Gasteiger partial charge is 0.497 e. The van der Waals surface area contributed by atoms with E-state index in [2.05, 4.69) is 10.6 Å². The van der Waals surface area contributed by atoms with Gasteiger partial charge in [-0.25, -0.2) is 4.79 Å². The third-order valence-electron chi connectivity index (χ3n) is 4.35. The molecule has 0 radical (unpaired) electrons. The van der Waals surface area contributed by atoms with E-state index in [1.54, 1.807) is 63.2 Å². The lowest BCUT2D eigenvalue weighted by molar-refractivity contribution is -0.118. The van der Waals surface area contributed by atoms with Crippen molar-refractivity contribution in [2.24, 2.45) is 0 Å². The van der Waals surface area contributed by atoms with E-state index in [0.29, 0.717) is 35.4 Å². The number of hydrogen-bond donors (Lipinski definition) is 2. The monoisotopic (exact) mass is 426 g/mol. The van der Waals surface area contributed by atoms with E-state index < -0.39 is 23.6 Å². The van der Waals surface area contributed by atoms with Gasteiger partial charge in [-0.2, -0.15) is 0 Å². The maximum Gasteiger partial charge on any atom is 0.408 e. The van der Waals surface area contributed by atoms with Crippen LogP contribution in [0.1, 0.15) is 56.5 Å². The third-order valence-corrected chi connectivity index (χ3v) is 4.35. The van der Waals surface area contributed by atoms with Crippen LogP contribution < -0.4 is 15.4 Å². The van der Waals surface area contributed by atoms with Gasteiger partial charge >= 0.3 is 6.09 Å². The summed E-state index contributed by atoms with van der Waals surface area (Å²) in [6.45, 7) is 7.16. The van der Waals surface area contributed by atoms with Crippen LogP contribution in [0.5, 0.6) is 5.75 Å². The van der Waals surface area contributed by atoms with E-state index in [0.717, 1.165) is 0 Å². The highest BCUT2D eigenvalue weighted by Crippen LogP contribution is 2.25. The van der Waals surface area contributed by atoms with Crippen LogP contribution in [0.3, 0.4) is 0 Å². The van der Waals surface area contributed by atoms with Gasteiger partial charge in [0.15, 0.2) is 5.78 Å². The second kappa shape index (κ2) is 10.6. The lowest BCUT2D eigenvalue weighted by Crippen LogP contribution is -2.45. The van der Waals surface area contributed by atoms with Crippen LogP contribution >= 0.6 is 0 Å². The van der Waals surface area contributed by atoms with Crippen molar-refractivity contribution < 1.29 is 23.9 Å². The molecule has 7 heteroatoms. The lowest BCUT2D eigenvalue weighted by Gasteiger charge is -2.23. The van der Waals surface area contributed by atoms with Gasteiger partial charge in [-0.1, -0.05) is 43.7 Å². The Morgan fingerprint density at radius 2 is 1.71 bits per heavy atom. The molecule has 2 amide bonds. The first-order valence-corrected chi connectivity index (χ1v) is 10.2. The smallest absolute Gasteiger partial charge is 0.408 e. The Labute approximate surface area is 183 Å². The van der Waals surface area contributed by atoms with Crippen molar-refractivity contribution in [3.05, 3.63) is 59.7 Å². The summed E-state index contributed by atoms with van der Waals surface area (Å²) in [4.78, 5) is 38.2. The van der Waals surface area contributed by atoms with E-state index in [1.165, 1.54) is 7.11 Å². The minimum absolute atomic E-state index is 0.248. The van der Waals surface area contributed by atoms with Crippen molar-refractivity contribution in [2.75, 3.05) is 12.4 Å². The van der Waals surface area contributed by atoms with Crippen LogP contribution in [0, 0.1) is 0 Å². The lowest BCUT2D eigenvalue weighted by atomic mass is 10.0. The van der Waals surface area contributed by atoms with Gasteiger partial charge in [0.25, 0.3) is 0 Å². The highest BCUT2D eigenvalue weighted by Gasteiger charge is 2.25. The molecule has 0 saturated carbocycles. The number of alkyl carbamates (subject to hydrolysis) is 1. The van der Waals surface area contributed by atoms with Crippen LogP contribution in [0.2, 0.25) is 0 Å². The average molecular weight is 427 g/mol. The molecule has 0 aliphatic heterocycles. The second-order valence-electron chi connectivity index (χ2n) is 8.08. The predicted octanol–water partition coefficient (Wildman–Crippen LogP) is 4.56. The van der Waals surface area contributed by atoms with Gasteiger partial charge in [0.05, 0.1) is 12.8 Å². The van der Waals surface area contributed by atoms with Crippen molar-refractivity contribution in [3.63, 3.8) is 0 Å². The van der Waals surface area contributed by atoms with Gasteiger partial charge in [-0.15, -0.1) is 0 Å². The SMILES string of the molecule is CCCC(NC(=O)OC(C)(C)C)C(=O)Nc1ccc(OC)cc1C(=O)c1ccccc1. The number of rotatable bonds is 8. The third kappa shape index (κ3) is 7.13. The number of ether oxygens (including phenoxy) is 2. The van der Waals surface area contributed by atoms with Gasteiger partial charge in [-0.3, -0.25) is 9.59 Å². The summed E-state index contributed by atoms with van der Waals surface area (Å²) in [5.74, 6) is -0.184. The number of nitrogens with one attached hydrogen (secondary N) is 2. The Morgan fingerprint density at radius 3 is 2.29 bits per heavy atom. The molecule has 0 aromatic heterocycles. The van der Waals surface area contributed by atoms with E-state index in [1.807, 2.05) is 13.0 Å². The molecule has 0 spiro atoms. The Balaban J connectivity index is 2.27. The number of hydrogen-bond acceptors (Lipinski definition) is 5. The Kier molecular flexibility index (Phi) is 8.19. The van der Waals surface area contributed by atoms with Crippen molar-refractivity contribution >= 4 is 23.5 Å². The molecule has 2 aromatic carbocycles. The van der Waals surface area contributed by atoms with E-state index in [9.17, 15) is 14.4 Å². The summed E-state index contributed by atoms with van der Waals surface area (Å²) in [6, 6.07) is 12.8. The van der Waals surface area contributed by atoms with Gasteiger partial charge in [-0.05, 0) is 45.4 Å². The number of ketones is 1. The number of methoxy groups -OCH3 is 1. The van der Waals surface area contributed by atoms with Gasteiger partial charge in [0.1, 0.15) is 17.4 Å². The normalized spacial score (nSPS) is 11.9. The fraction of sp³-hybridized carbons (Fsp3) is 0.375. The Bertz CT molecular complexity index is 919. The first kappa shape index (κ1) is 23.9. The zero-order chi connectivity index (χ0) is 23.0. The number of benzene rings is 2. The van der Waals surface area contributed by atoms with Gasteiger partial charge in [0.2, 0.25) is 5.91 Å². The number of carbonyl (C=O) groups excluding carboxylic acids is 3. The highest BCUT2D eigenvalue weighted by molar-refractivity contribution is 6.14. The summed E-state index contributed by atoms with van der Waals surface area (Å²) in [7, 11) is 1.51. The zero-order valence-corrected chi connectivity index (χ0v) is 18.7. The molecule has 0 aliphatic carbocycles. The van der Waals surface area contributed by atoms with Crippen LogP contribution in [0.25, 0.3) is 0 Å². The average Bonchev–Trinajstić information content (AvgIpc) is 2.72. The standard InChI is InChI=1S/C24H30N2O5/c1-6-10-20(26-23(29)31-24(2,3)4)22(28)25-19-14-13-17(30-5)15-18(19)21(27)16-11-8-7-9-12-16/h7-9,11-15,20H,6,10H2,1-5H3,(H,25,28)(H,26,29). The number of carbonyl (C=O) groups is 3. The molecule has 2 rings (SSSR count). The fourth-order valence-electron chi connectivity index (χ4n) is 2.92. The topological polar surface area (TPSA) is 93.7 Å². The molecule has 0 saturated heterocycles. The molecule has 0 bridgehead atoms. The van der Waals surface area contributed by atoms with Crippen molar-refractivity contribution in [1.82, 2.24) is 5.32 Å². The number of anilines is 1. The first-order chi connectivity index (χ1) is 14.6. The van der Waals surface area contributed by atoms with Crippen molar-refractivity contribution in [1.29, 1.82) is 0 Å². The van der Waals surface area contributed by atoms with E-state index in [-0.39, 0.29) is 5.78 Å². The molecular formula is C24H30N2O5. The van der Waals surface area contributed by atoms with Gasteiger partial charge in [0, 0.05) is 11.1 Å². The quantitative estimate of drug-likeness (QED) is 0.604. The Morgan fingerprint density at radius 1 is 1.03 bits per heavy atom. The number of amides is 2. The molecule has 0 aliphatic rings. The molecule has 31 heavy (non-hydrogen) atoms. The maximum absolute atomic E-state index is 13.1. The molecule has 1 unspecified atom stereocenters. The van der Waals surface area contributed by atoms with Crippen molar-refractivity contribution in [2.45, 2.75) is 52.2 Å². The minimum atomic E-state index is -0.804. The maximum atomic E-state index is 13.1. The molecule has 0 heterocycles. The van der Waals surface area contributed by atoms with Crippen LogP contribution in [-0.4, -0.2) is 36.5 Å². The molecule has 2 N–H and O–H groups in total. The summed E-state index contributed by atoms with van der Waals surface area (Å²) < 4.78 is 10.5. The molecule has 1 atom stereocenters. The second-order valence-corrected chi connectivity index (χ2v) is 8.08. The van der Waals surface area contributed by atoms with Gasteiger partial charge < -0.3 is 20.1 Å². The summed E-state index contributed by atoms with van der Waals surface area (Å²) in [5, 5.41) is 5.39. The predicted molar refractivity (Wildman–Crippen MR) is 120 cm³/mol. The summed E-state index contributed by atoms with van der Waals surface area (Å²) in [6.07, 6.45) is 0.423. The highest BCUT2D eigenvalue weighted by atomic mass is 16.6. The molecule has 2 aromatic rings. The minimum Gasteiger partial charge on any atom is -0.497 e. The van der Waals surface area contributed by atoms with Crippen LogP contribution in [0.4, 0.5) is 10.5 Å². The van der Waals surface area contributed by atoms with Crippen molar-refractivity contribution in [3.8, 4) is 5.75 Å². The molecular weight excluding hydrogens is 396 g/mol. The molecule has 166 valence electrons.